The Bertz CT molecular complexity index is 448. The minimum Gasteiger partial charge on any atom is -0.491 e. The quantitative estimate of drug-likeness (QED) is 0.761. The second-order valence-electron chi connectivity index (χ2n) is 5.18. The van der Waals surface area contributed by atoms with Crippen LogP contribution in [0.2, 0.25) is 0 Å². The molecule has 1 aromatic rings. The maximum absolute atomic E-state index is 12.1. The summed E-state index contributed by atoms with van der Waals surface area (Å²) in [7, 11) is 0. The van der Waals surface area contributed by atoms with Crippen LogP contribution in [0.15, 0.2) is 24.3 Å². The number of thioether (sulfide) groups is 1. The highest BCUT2D eigenvalue weighted by atomic mass is 32.2. The van der Waals surface area contributed by atoms with Crippen LogP contribution in [-0.4, -0.2) is 36.6 Å². The van der Waals surface area contributed by atoms with Crippen molar-refractivity contribution in [2.24, 2.45) is 0 Å². The van der Waals surface area contributed by atoms with Crippen molar-refractivity contribution in [1.82, 2.24) is 5.32 Å². The Morgan fingerprint density at radius 3 is 3.10 bits per heavy atom. The molecular formula is C16H24N2O2S. The van der Waals surface area contributed by atoms with Gasteiger partial charge in [-0.05, 0) is 18.6 Å². The van der Waals surface area contributed by atoms with Crippen LogP contribution in [0.4, 0.5) is 5.69 Å². The van der Waals surface area contributed by atoms with Gasteiger partial charge in [0.2, 0.25) is 5.91 Å². The van der Waals surface area contributed by atoms with Crippen LogP contribution < -0.4 is 15.4 Å². The minimum atomic E-state index is 0.0431. The summed E-state index contributed by atoms with van der Waals surface area (Å²) in [5.41, 5.74) is 0.766. The number of hydrogen-bond acceptors (Lipinski definition) is 4. The molecule has 1 aromatic carbocycles. The lowest BCUT2D eigenvalue weighted by Gasteiger charge is -2.22. The zero-order valence-electron chi connectivity index (χ0n) is 12.6. The Kier molecular flexibility index (Phi) is 6.89. The highest BCUT2D eigenvalue weighted by molar-refractivity contribution is 7.99. The SMILES string of the molecule is CCCCOc1ccccc1NC(=O)CC1CSCCN1. The van der Waals surface area contributed by atoms with Gasteiger partial charge in [0.15, 0.2) is 0 Å². The fourth-order valence-corrected chi connectivity index (χ4v) is 3.15. The van der Waals surface area contributed by atoms with Crippen molar-refractivity contribution in [3.8, 4) is 5.75 Å². The molecular weight excluding hydrogens is 284 g/mol. The van der Waals surface area contributed by atoms with E-state index in [1.165, 1.54) is 0 Å². The first-order chi connectivity index (χ1) is 10.3. The fraction of sp³-hybridized carbons (Fsp3) is 0.562. The minimum absolute atomic E-state index is 0.0431. The molecule has 1 saturated heterocycles. The molecule has 116 valence electrons. The van der Waals surface area contributed by atoms with E-state index in [2.05, 4.69) is 17.6 Å². The Labute approximate surface area is 131 Å². The molecule has 2 N–H and O–H groups in total. The van der Waals surface area contributed by atoms with Gasteiger partial charge in [0, 0.05) is 30.5 Å². The van der Waals surface area contributed by atoms with E-state index in [-0.39, 0.29) is 11.9 Å². The molecule has 0 aromatic heterocycles. The third-order valence-electron chi connectivity index (χ3n) is 3.35. The summed E-state index contributed by atoms with van der Waals surface area (Å²) in [6.45, 7) is 3.80. The van der Waals surface area contributed by atoms with Gasteiger partial charge < -0.3 is 15.4 Å². The summed E-state index contributed by atoms with van der Waals surface area (Å²) in [4.78, 5) is 12.1. The van der Waals surface area contributed by atoms with Crippen LogP contribution in [0.25, 0.3) is 0 Å². The van der Waals surface area contributed by atoms with Crippen molar-refractivity contribution in [3.05, 3.63) is 24.3 Å². The number of carbonyl (C=O) groups excluding carboxylic acids is 1. The molecule has 4 nitrogen and oxygen atoms in total. The van der Waals surface area contributed by atoms with Gasteiger partial charge in [-0.2, -0.15) is 11.8 Å². The van der Waals surface area contributed by atoms with Crippen LogP contribution in [0, 0.1) is 0 Å². The van der Waals surface area contributed by atoms with Crippen LogP contribution in [0.3, 0.4) is 0 Å². The number of unbranched alkanes of at least 4 members (excludes halogenated alkanes) is 1. The molecule has 1 amide bonds. The number of hydrogen-bond donors (Lipinski definition) is 2. The van der Waals surface area contributed by atoms with Gasteiger partial charge in [-0.25, -0.2) is 0 Å². The maximum Gasteiger partial charge on any atom is 0.226 e. The lowest BCUT2D eigenvalue weighted by Crippen LogP contribution is -2.39. The molecule has 5 heteroatoms. The lowest BCUT2D eigenvalue weighted by molar-refractivity contribution is -0.116. The van der Waals surface area contributed by atoms with E-state index < -0.39 is 0 Å². The molecule has 21 heavy (non-hydrogen) atoms. The average molecular weight is 308 g/mol. The van der Waals surface area contributed by atoms with Gasteiger partial charge in [-0.1, -0.05) is 25.5 Å². The zero-order valence-corrected chi connectivity index (χ0v) is 13.4. The number of ether oxygens (including phenoxy) is 1. The topological polar surface area (TPSA) is 50.4 Å². The van der Waals surface area contributed by atoms with Crippen molar-refractivity contribution in [1.29, 1.82) is 0 Å². The number of benzene rings is 1. The third-order valence-corrected chi connectivity index (χ3v) is 4.48. The number of nitrogens with one attached hydrogen (secondary N) is 2. The van der Waals surface area contributed by atoms with Crippen molar-refractivity contribution in [2.45, 2.75) is 32.2 Å². The summed E-state index contributed by atoms with van der Waals surface area (Å²) in [6, 6.07) is 7.91. The molecule has 0 radical (unpaired) electrons. The molecule has 0 bridgehead atoms. The molecule has 2 rings (SSSR count). The fourth-order valence-electron chi connectivity index (χ4n) is 2.20. The number of carbonyl (C=O) groups is 1. The van der Waals surface area contributed by atoms with Gasteiger partial charge >= 0.3 is 0 Å². The van der Waals surface area contributed by atoms with E-state index in [0.29, 0.717) is 13.0 Å². The summed E-state index contributed by atoms with van der Waals surface area (Å²) in [6.07, 6.45) is 2.63. The number of anilines is 1. The van der Waals surface area contributed by atoms with Crippen LogP contribution in [0.5, 0.6) is 5.75 Å². The normalized spacial score (nSPS) is 18.2. The Hall–Kier alpha value is -1.20. The van der Waals surface area contributed by atoms with Gasteiger partial charge in [-0.3, -0.25) is 4.79 Å². The van der Waals surface area contributed by atoms with Crippen LogP contribution in [-0.2, 0) is 4.79 Å². The Morgan fingerprint density at radius 2 is 2.33 bits per heavy atom. The van der Waals surface area contributed by atoms with Gasteiger partial charge in [0.05, 0.1) is 12.3 Å². The van der Waals surface area contributed by atoms with Gasteiger partial charge in [0.25, 0.3) is 0 Å². The predicted octanol–water partition coefficient (Wildman–Crippen LogP) is 2.90. The molecule has 1 aliphatic heterocycles. The first-order valence-corrected chi connectivity index (χ1v) is 8.78. The van der Waals surface area contributed by atoms with Gasteiger partial charge in [0.1, 0.15) is 5.75 Å². The van der Waals surface area contributed by atoms with Crippen molar-refractivity contribution >= 4 is 23.4 Å². The van der Waals surface area contributed by atoms with E-state index in [0.717, 1.165) is 42.3 Å². The second kappa shape index (κ2) is 8.95. The summed E-state index contributed by atoms with van der Waals surface area (Å²) < 4.78 is 5.73. The van der Waals surface area contributed by atoms with E-state index >= 15 is 0 Å². The van der Waals surface area contributed by atoms with Crippen molar-refractivity contribution in [3.63, 3.8) is 0 Å². The maximum atomic E-state index is 12.1. The van der Waals surface area contributed by atoms with E-state index in [1.54, 1.807) is 0 Å². The summed E-state index contributed by atoms with van der Waals surface area (Å²) >= 11 is 1.90. The second-order valence-corrected chi connectivity index (χ2v) is 6.33. The smallest absolute Gasteiger partial charge is 0.226 e. The standard InChI is InChI=1S/C16H24N2O2S/c1-2-3-9-20-15-7-5-4-6-14(15)18-16(19)11-13-12-21-10-8-17-13/h4-7,13,17H,2-3,8-12H2,1H3,(H,18,19). The van der Waals surface area contributed by atoms with E-state index in [4.69, 9.17) is 4.74 Å². The molecule has 1 heterocycles. The highest BCUT2D eigenvalue weighted by Gasteiger charge is 2.17. The molecule has 0 aliphatic carbocycles. The lowest BCUT2D eigenvalue weighted by atomic mass is 10.2. The monoisotopic (exact) mass is 308 g/mol. The largest absolute Gasteiger partial charge is 0.491 e. The van der Waals surface area contributed by atoms with Crippen LogP contribution in [0.1, 0.15) is 26.2 Å². The third kappa shape index (κ3) is 5.59. The first-order valence-electron chi connectivity index (χ1n) is 7.62. The Morgan fingerprint density at radius 1 is 1.48 bits per heavy atom. The first kappa shape index (κ1) is 16.2. The number of para-hydroxylation sites is 2. The number of amides is 1. The van der Waals surface area contributed by atoms with Gasteiger partial charge in [-0.15, -0.1) is 0 Å². The average Bonchev–Trinajstić information content (AvgIpc) is 2.50. The Balaban J connectivity index is 1.87. The predicted molar refractivity (Wildman–Crippen MR) is 89.2 cm³/mol. The highest BCUT2D eigenvalue weighted by Crippen LogP contribution is 2.24. The summed E-state index contributed by atoms with van der Waals surface area (Å²) in [5.74, 6) is 2.93. The molecule has 1 aliphatic rings. The van der Waals surface area contributed by atoms with E-state index in [9.17, 15) is 4.79 Å². The van der Waals surface area contributed by atoms with Crippen LogP contribution >= 0.6 is 11.8 Å². The molecule has 0 spiro atoms. The number of rotatable bonds is 7. The molecule has 1 fully saturated rings. The van der Waals surface area contributed by atoms with E-state index in [1.807, 2.05) is 36.0 Å². The molecule has 0 saturated carbocycles. The van der Waals surface area contributed by atoms with Crippen molar-refractivity contribution in [2.75, 3.05) is 30.0 Å². The zero-order chi connectivity index (χ0) is 14.9. The molecule has 1 atom stereocenters. The summed E-state index contributed by atoms with van der Waals surface area (Å²) in [5, 5.41) is 6.35. The van der Waals surface area contributed by atoms with Crippen molar-refractivity contribution < 1.29 is 9.53 Å². The molecule has 1 unspecified atom stereocenters.